The molecule has 1 aromatic rings. The van der Waals surface area contributed by atoms with E-state index in [1.165, 1.54) is 0 Å². The first kappa shape index (κ1) is 13.3. The second-order valence-corrected chi connectivity index (χ2v) is 4.32. The quantitative estimate of drug-likeness (QED) is 0.787. The molecule has 1 fully saturated rings. The third-order valence-corrected chi connectivity index (χ3v) is 2.83. The summed E-state index contributed by atoms with van der Waals surface area (Å²) in [5.41, 5.74) is -0.994. The summed E-state index contributed by atoms with van der Waals surface area (Å²) in [6.45, 7) is 2.66. The average Bonchev–Trinajstić information content (AvgIpc) is 2.27. The zero-order chi connectivity index (χ0) is 13.3. The molecule has 2 nitrogen and oxygen atoms in total. The molecule has 0 bridgehead atoms. The Hall–Kier alpha value is -1.14. The maximum Gasteiger partial charge on any atom is 0.416 e. The molecule has 1 aromatic carbocycles. The van der Waals surface area contributed by atoms with Crippen molar-refractivity contribution in [1.29, 1.82) is 0 Å². The van der Waals surface area contributed by atoms with Crippen molar-refractivity contribution >= 4 is 0 Å². The van der Waals surface area contributed by atoms with Crippen LogP contribution in [0.25, 0.3) is 0 Å². The van der Waals surface area contributed by atoms with Gasteiger partial charge in [-0.3, -0.25) is 0 Å². The predicted molar refractivity (Wildman–Crippen MR) is 57.6 cm³/mol. The number of benzene rings is 1. The van der Waals surface area contributed by atoms with Gasteiger partial charge in [-0.15, -0.1) is 0 Å². The molecule has 0 saturated carbocycles. The Morgan fingerprint density at radius 2 is 2.00 bits per heavy atom. The Balaban J connectivity index is 2.37. The zero-order valence-corrected chi connectivity index (χ0v) is 9.72. The molecule has 0 amide bonds. The summed E-state index contributed by atoms with van der Waals surface area (Å²) < 4.78 is 56.9. The van der Waals surface area contributed by atoms with Crippen molar-refractivity contribution < 1.29 is 22.3 Å². The minimum absolute atomic E-state index is 0.0250. The fraction of sp³-hybridized carbons (Fsp3) is 0.500. The number of nitrogens with one attached hydrogen (secondary N) is 1. The highest BCUT2D eigenvalue weighted by Gasteiger charge is 2.36. The lowest BCUT2D eigenvalue weighted by Crippen LogP contribution is -2.39. The minimum atomic E-state index is -4.58. The molecule has 0 radical (unpaired) electrons. The molecule has 1 aliphatic rings. The number of hydrogen-bond acceptors (Lipinski definition) is 2. The van der Waals surface area contributed by atoms with Crippen molar-refractivity contribution in [3.8, 4) is 0 Å². The molecule has 18 heavy (non-hydrogen) atoms. The SMILES string of the molecule is CC1CNCC(c2ccc(F)cc2C(F)(F)F)O1. The van der Waals surface area contributed by atoms with Gasteiger partial charge in [0.1, 0.15) is 5.82 Å². The molecular weight excluding hydrogens is 250 g/mol. The Morgan fingerprint density at radius 3 is 2.61 bits per heavy atom. The maximum absolute atomic E-state index is 13.0. The Morgan fingerprint density at radius 1 is 1.28 bits per heavy atom. The Kier molecular flexibility index (Phi) is 3.59. The van der Waals surface area contributed by atoms with E-state index < -0.39 is 23.7 Å². The van der Waals surface area contributed by atoms with Crippen LogP contribution in [0.15, 0.2) is 18.2 Å². The molecule has 6 heteroatoms. The highest BCUT2D eigenvalue weighted by Crippen LogP contribution is 2.36. The van der Waals surface area contributed by atoms with E-state index in [1.807, 2.05) is 0 Å². The highest BCUT2D eigenvalue weighted by atomic mass is 19.4. The molecule has 1 saturated heterocycles. The van der Waals surface area contributed by atoms with Gasteiger partial charge in [-0.25, -0.2) is 4.39 Å². The summed E-state index contributed by atoms with van der Waals surface area (Å²) in [5, 5.41) is 2.99. The third-order valence-electron chi connectivity index (χ3n) is 2.83. The van der Waals surface area contributed by atoms with Gasteiger partial charge in [0.15, 0.2) is 0 Å². The second-order valence-electron chi connectivity index (χ2n) is 4.32. The van der Waals surface area contributed by atoms with Crippen LogP contribution in [0.5, 0.6) is 0 Å². The van der Waals surface area contributed by atoms with Gasteiger partial charge in [0.05, 0.1) is 17.8 Å². The van der Waals surface area contributed by atoms with E-state index >= 15 is 0 Å². The monoisotopic (exact) mass is 263 g/mol. The number of alkyl halides is 3. The van der Waals surface area contributed by atoms with E-state index in [9.17, 15) is 17.6 Å². The lowest BCUT2D eigenvalue weighted by Gasteiger charge is -2.30. The third kappa shape index (κ3) is 2.81. The molecule has 1 aliphatic heterocycles. The van der Waals surface area contributed by atoms with Crippen LogP contribution in [0.3, 0.4) is 0 Å². The van der Waals surface area contributed by atoms with Gasteiger partial charge in [-0.1, -0.05) is 6.07 Å². The minimum Gasteiger partial charge on any atom is -0.368 e. The van der Waals surface area contributed by atoms with Crippen molar-refractivity contribution in [1.82, 2.24) is 5.32 Å². The predicted octanol–water partition coefficient (Wildman–Crippen LogP) is 2.89. The second kappa shape index (κ2) is 4.85. The van der Waals surface area contributed by atoms with E-state index in [-0.39, 0.29) is 11.7 Å². The van der Waals surface area contributed by atoms with Gasteiger partial charge in [0.25, 0.3) is 0 Å². The Bertz CT molecular complexity index is 433. The summed E-state index contributed by atoms with van der Waals surface area (Å²) in [4.78, 5) is 0. The van der Waals surface area contributed by atoms with Gasteiger partial charge >= 0.3 is 6.18 Å². The molecule has 0 aromatic heterocycles. The topological polar surface area (TPSA) is 21.3 Å². The molecule has 1 heterocycles. The number of ether oxygens (including phenoxy) is 1. The van der Waals surface area contributed by atoms with E-state index in [2.05, 4.69) is 5.32 Å². The molecule has 100 valence electrons. The van der Waals surface area contributed by atoms with Crippen LogP contribution in [0.2, 0.25) is 0 Å². The van der Waals surface area contributed by atoms with Crippen LogP contribution in [-0.2, 0) is 10.9 Å². The van der Waals surface area contributed by atoms with Gasteiger partial charge < -0.3 is 10.1 Å². The summed E-state index contributed by atoms with van der Waals surface area (Å²) in [6.07, 6.45) is -5.46. The Labute approximate surface area is 102 Å². The fourth-order valence-corrected chi connectivity index (χ4v) is 2.03. The summed E-state index contributed by atoms with van der Waals surface area (Å²) in [6, 6.07) is 2.67. The van der Waals surface area contributed by atoms with Crippen LogP contribution in [-0.4, -0.2) is 19.2 Å². The molecule has 2 rings (SSSR count). The standard InChI is InChI=1S/C12H13F4NO/c1-7-5-17-6-11(18-7)9-3-2-8(13)4-10(9)12(14,15)16/h2-4,7,11,17H,5-6H2,1H3. The first-order chi connectivity index (χ1) is 8.38. The van der Waals surface area contributed by atoms with E-state index in [0.29, 0.717) is 19.2 Å². The number of rotatable bonds is 1. The normalized spacial score (nSPS) is 25.2. The number of halogens is 4. The molecule has 2 unspecified atom stereocenters. The highest BCUT2D eigenvalue weighted by molar-refractivity contribution is 5.32. The number of hydrogen-bond donors (Lipinski definition) is 1. The van der Waals surface area contributed by atoms with Crippen molar-refractivity contribution in [2.24, 2.45) is 0 Å². The van der Waals surface area contributed by atoms with Crippen molar-refractivity contribution in [2.75, 3.05) is 13.1 Å². The van der Waals surface area contributed by atoms with Gasteiger partial charge in [-0.05, 0) is 24.6 Å². The average molecular weight is 263 g/mol. The van der Waals surface area contributed by atoms with E-state index in [4.69, 9.17) is 4.74 Å². The summed E-state index contributed by atoms with van der Waals surface area (Å²) in [7, 11) is 0. The maximum atomic E-state index is 13.0. The van der Waals surface area contributed by atoms with Gasteiger partial charge in [-0.2, -0.15) is 13.2 Å². The lowest BCUT2D eigenvalue weighted by molar-refractivity contribution is -0.140. The van der Waals surface area contributed by atoms with Crippen LogP contribution in [0, 0.1) is 5.82 Å². The van der Waals surface area contributed by atoms with Crippen molar-refractivity contribution in [3.63, 3.8) is 0 Å². The van der Waals surface area contributed by atoms with E-state index in [0.717, 1.165) is 12.1 Å². The van der Waals surface area contributed by atoms with Crippen molar-refractivity contribution in [3.05, 3.63) is 35.1 Å². The first-order valence-electron chi connectivity index (χ1n) is 5.60. The van der Waals surface area contributed by atoms with Crippen LogP contribution >= 0.6 is 0 Å². The van der Waals surface area contributed by atoms with E-state index in [1.54, 1.807) is 6.92 Å². The summed E-state index contributed by atoms with van der Waals surface area (Å²) >= 11 is 0. The number of morpholine rings is 1. The summed E-state index contributed by atoms with van der Waals surface area (Å²) in [5.74, 6) is -0.900. The molecule has 2 atom stereocenters. The molecular formula is C12H13F4NO. The largest absolute Gasteiger partial charge is 0.416 e. The van der Waals surface area contributed by atoms with Crippen LogP contribution < -0.4 is 5.32 Å². The van der Waals surface area contributed by atoms with Gasteiger partial charge in [0, 0.05) is 13.1 Å². The smallest absolute Gasteiger partial charge is 0.368 e. The molecule has 1 N–H and O–H groups in total. The zero-order valence-electron chi connectivity index (χ0n) is 9.72. The molecule has 0 spiro atoms. The first-order valence-corrected chi connectivity index (χ1v) is 5.60. The molecule has 0 aliphatic carbocycles. The fourth-order valence-electron chi connectivity index (χ4n) is 2.03. The van der Waals surface area contributed by atoms with Gasteiger partial charge in [0.2, 0.25) is 0 Å². The van der Waals surface area contributed by atoms with Crippen molar-refractivity contribution in [2.45, 2.75) is 25.3 Å². The van der Waals surface area contributed by atoms with Crippen LogP contribution in [0.1, 0.15) is 24.2 Å². The van der Waals surface area contributed by atoms with Crippen LogP contribution in [0.4, 0.5) is 17.6 Å². The lowest BCUT2D eigenvalue weighted by atomic mass is 10.0.